The van der Waals surface area contributed by atoms with Gasteiger partial charge in [-0.2, -0.15) is 0 Å². The van der Waals surface area contributed by atoms with Crippen LogP contribution in [-0.2, 0) is 0 Å². The van der Waals surface area contributed by atoms with Gasteiger partial charge in [0.2, 0.25) is 5.91 Å². The number of benzene rings is 1. The minimum Gasteiger partial charge on any atom is -0.366 e. The summed E-state index contributed by atoms with van der Waals surface area (Å²) in [6.07, 6.45) is 1.29. The van der Waals surface area contributed by atoms with Crippen LogP contribution in [0.4, 0.5) is 0 Å². The van der Waals surface area contributed by atoms with Crippen molar-refractivity contribution >= 4 is 35.2 Å². The Hall–Kier alpha value is -2.05. The predicted octanol–water partition coefficient (Wildman–Crippen LogP) is 2.36. The first kappa shape index (κ1) is 16.3. The SMILES string of the molecule is NC(=O)c1ccc(C(=O)NCCSc2ccc(Cl)cc2)nc1. The van der Waals surface area contributed by atoms with E-state index < -0.39 is 5.91 Å². The molecule has 22 heavy (non-hydrogen) atoms. The van der Waals surface area contributed by atoms with Crippen molar-refractivity contribution in [2.24, 2.45) is 5.73 Å². The second-order valence-corrected chi connectivity index (χ2v) is 5.96. The van der Waals surface area contributed by atoms with Crippen LogP contribution in [0.1, 0.15) is 20.8 Å². The highest BCUT2D eigenvalue weighted by molar-refractivity contribution is 7.99. The molecule has 1 heterocycles. The Kier molecular flexibility index (Phi) is 5.80. The van der Waals surface area contributed by atoms with Crippen LogP contribution in [0.2, 0.25) is 5.02 Å². The third-order valence-corrected chi connectivity index (χ3v) is 4.02. The Balaban J connectivity index is 1.77. The Morgan fingerprint density at radius 2 is 1.91 bits per heavy atom. The molecule has 0 bridgehead atoms. The molecule has 2 amide bonds. The van der Waals surface area contributed by atoms with Gasteiger partial charge in [0.1, 0.15) is 5.69 Å². The molecule has 114 valence electrons. The van der Waals surface area contributed by atoms with E-state index in [0.717, 1.165) is 10.6 Å². The van der Waals surface area contributed by atoms with E-state index in [1.165, 1.54) is 18.3 Å². The van der Waals surface area contributed by atoms with E-state index >= 15 is 0 Å². The second-order valence-electron chi connectivity index (χ2n) is 4.35. The number of nitrogens with one attached hydrogen (secondary N) is 1. The van der Waals surface area contributed by atoms with Gasteiger partial charge in [0.15, 0.2) is 0 Å². The van der Waals surface area contributed by atoms with Gasteiger partial charge >= 0.3 is 0 Å². The molecule has 2 rings (SSSR count). The summed E-state index contributed by atoms with van der Waals surface area (Å²) in [5.74, 6) is -0.126. The Morgan fingerprint density at radius 1 is 1.18 bits per heavy atom. The lowest BCUT2D eigenvalue weighted by molar-refractivity contribution is 0.0948. The molecule has 0 saturated carbocycles. The number of halogens is 1. The van der Waals surface area contributed by atoms with Gasteiger partial charge in [0.05, 0.1) is 5.56 Å². The molecule has 0 saturated heterocycles. The monoisotopic (exact) mass is 335 g/mol. The molecule has 0 fully saturated rings. The molecule has 0 radical (unpaired) electrons. The van der Waals surface area contributed by atoms with Crippen molar-refractivity contribution in [1.29, 1.82) is 0 Å². The number of amides is 2. The van der Waals surface area contributed by atoms with Crippen LogP contribution in [0, 0.1) is 0 Å². The van der Waals surface area contributed by atoms with Crippen LogP contribution < -0.4 is 11.1 Å². The molecule has 3 N–H and O–H groups in total. The van der Waals surface area contributed by atoms with Crippen molar-refractivity contribution in [3.05, 3.63) is 58.9 Å². The summed E-state index contributed by atoms with van der Waals surface area (Å²) in [4.78, 5) is 27.8. The highest BCUT2D eigenvalue weighted by Gasteiger charge is 2.08. The average Bonchev–Trinajstić information content (AvgIpc) is 2.53. The van der Waals surface area contributed by atoms with Crippen LogP contribution in [0.3, 0.4) is 0 Å². The number of thioether (sulfide) groups is 1. The molecule has 0 aliphatic carbocycles. The molecule has 5 nitrogen and oxygen atoms in total. The van der Waals surface area contributed by atoms with Gasteiger partial charge in [-0.25, -0.2) is 0 Å². The smallest absolute Gasteiger partial charge is 0.269 e. The van der Waals surface area contributed by atoms with Gasteiger partial charge in [-0.05, 0) is 36.4 Å². The maximum atomic E-state index is 11.9. The van der Waals surface area contributed by atoms with Crippen molar-refractivity contribution in [2.75, 3.05) is 12.3 Å². The maximum absolute atomic E-state index is 11.9. The molecular formula is C15H14ClN3O2S. The molecule has 0 atom stereocenters. The number of primary amides is 1. The van der Waals surface area contributed by atoms with Crippen LogP contribution in [0.15, 0.2) is 47.5 Å². The molecule has 0 spiro atoms. The van der Waals surface area contributed by atoms with Crippen molar-refractivity contribution in [2.45, 2.75) is 4.90 Å². The van der Waals surface area contributed by atoms with E-state index in [1.54, 1.807) is 11.8 Å². The van der Waals surface area contributed by atoms with E-state index in [2.05, 4.69) is 10.3 Å². The lowest BCUT2D eigenvalue weighted by Crippen LogP contribution is -2.26. The highest BCUT2D eigenvalue weighted by Crippen LogP contribution is 2.19. The molecule has 0 aliphatic rings. The summed E-state index contributed by atoms with van der Waals surface area (Å²) in [5, 5.41) is 3.46. The van der Waals surface area contributed by atoms with E-state index in [1.807, 2.05) is 24.3 Å². The van der Waals surface area contributed by atoms with Crippen molar-refractivity contribution in [3.8, 4) is 0 Å². The summed E-state index contributed by atoms with van der Waals surface area (Å²) in [6, 6.07) is 10.5. The van der Waals surface area contributed by atoms with E-state index in [0.29, 0.717) is 11.6 Å². The van der Waals surface area contributed by atoms with Gasteiger partial charge in [-0.15, -0.1) is 11.8 Å². The number of carbonyl (C=O) groups is 2. The number of rotatable bonds is 6. The summed E-state index contributed by atoms with van der Waals surface area (Å²) in [5.41, 5.74) is 5.64. The quantitative estimate of drug-likeness (QED) is 0.627. The maximum Gasteiger partial charge on any atom is 0.269 e. The molecular weight excluding hydrogens is 322 g/mol. The van der Waals surface area contributed by atoms with E-state index in [4.69, 9.17) is 17.3 Å². The first-order valence-corrected chi connectivity index (χ1v) is 7.85. The van der Waals surface area contributed by atoms with Gasteiger partial charge < -0.3 is 11.1 Å². The number of hydrogen-bond acceptors (Lipinski definition) is 4. The number of nitrogens with two attached hydrogens (primary N) is 1. The number of hydrogen-bond donors (Lipinski definition) is 2. The number of pyridine rings is 1. The molecule has 1 aromatic carbocycles. The number of aromatic nitrogens is 1. The molecule has 0 aliphatic heterocycles. The number of carbonyl (C=O) groups excluding carboxylic acids is 2. The minimum atomic E-state index is -0.571. The van der Waals surface area contributed by atoms with Gasteiger partial charge in [0.25, 0.3) is 5.91 Å². The second kappa shape index (κ2) is 7.82. The standard InChI is InChI=1S/C15H14ClN3O2S/c16-11-2-4-12(5-3-11)22-8-7-18-15(21)13-6-1-10(9-19-13)14(17)20/h1-6,9H,7-8H2,(H2,17,20)(H,18,21). The fourth-order valence-electron chi connectivity index (χ4n) is 1.63. The molecule has 0 unspecified atom stereocenters. The zero-order valence-electron chi connectivity index (χ0n) is 11.6. The first-order chi connectivity index (χ1) is 10.6. The fraction of sp³-hybridized carbons (Fsp3) is 0.133. The number of nitrogens with zero attached hydrogens (tertiary/aromatic N) is 1. The highest BCUT2D eigenvalue weighted by atomic mass is 35.5. The van der Waals surface area contributed by atoms with Crippen LogP contribution >= 0.6 is 23.4 Å². The van der Waals surface area contributed by atoms with Crippen molar-refractivity contribution in [3.63, 3.8) is 0 Å². The van der Waals surface area contributed by atoms with Gasteiger partial charge in [-0.1, -0.05) is 11.6 Å². The molecule has 2 aromatic rings. The normalized spacial score (nSPS) is 10.2. The minimum absolute atomic E-state index is 0.251. The van der Waals surface area contributed by atoms with Gasteiger partial charge in [0, 0.05) is 28.4 Å². The van der Waals surface area contributed by atoms with Crippen LogP contribution in [0.5, 0.6) is 0 Å². The summed E-state index contributed by atoms with van der Waals surface area (Å²) in [7, 11) is 0. The third-order valence-electron chi connectivity index (χ3n) is 2.75. The molecule has 7 heteroatoms. The summed E-state index contributed by atoms with van der Waals surface area (Å²) >= 11 is 7.43. The Labute approximate surface area is 137 Å². The van der Waals surface area contributed by atoms with Crippen LogP contribution in [-0.4, -0.2) is 29.1 Å². The zero-order valence-corrected chi connectivity index (χ0v) is 13.2. The first-order valence-electron chi connectivity index (χ1n) is 6.48. The van der Waals surface area contributed by atoms with E-state index in [-0.39, 0.29) is 17.2 Å². The van der Waals surface area contributed by atoms with E-state index in [9.17, 15) is 9.59 Å². The fourth-order valence-corrected chi connectivity index (χ4v) is 2.52. The Morgan fingerprint density at radius 3 is 2.50 bits per heavy atom. The van der Waals surface area contributed by atoms with Gasteiger partial charge in [-0.3, -0.25) is 14.6 Å². The summed E-state index contributed by atoms with van der Waals surface area (Å²) < 4.78 is 0. The average molecular weight is 336 g/mol. The topological polar surface area (TPSA) is 85.1 Å². The van der Waals surface area contributed by atoms with Crippen molar-refractivity contribution < 1.29 is 9.59 Å². The molecule has 1 aromatic heterocycles. The lowest BCUT2D eigenvalue weighted by Gasteiger charge is -2.05. The Bertz CT molecular complexity index is 659. The largest absolute Gasteiger partial charge is 0.366 e. The van der Waals surface area contributed by atoms with Crippen molar-refractivity contribution in [1.82, 2.24) is 10.3 Å². The predicted molar refractivity (Wildman–Crippen MR) is 87.3 cm³/mol. The third kappa shape index (κ3) is 4.75. The lowest BCUT2D eigenvalue weighted by atomic mass is 10.2. The summed E-state index contributed by atoms with van der Waals surface area (Å²) in [6.45, 7) is 0.505. The zero-order chi connectivity index (χ0) is 15.9. The van der Waals surface area contributed by atoms with Crippen LogP contribution in [0.25, 0.3) is 0 Å².